The fourth-order valence-electron chi connectivity index (χ4n) is 1.72. The van der Waals surface area contributed by atoms with E-state index in [9.17, 15) is 4.79 Å². The molecule has 82 valence electrons. The maximum absolute atomic E-state index is 11.4. The monoisotopic (exact) mass is 216 g/mol. The van der Waals surface area contributed by atoms with E-state index in [0.717, 1.165) is 11.4 Å². The van der Waals surface area contributed by atoms with Gasteiger partial charge < -0.3 is 15.0 Å². The molecule has 0 fully saturated rings. The van der Waals surface area contributed by atoms with Crippen molar-refractivity contribution in [2.24, 2.45) is 0 Å². The second-order valence-electron chi connectivity index (χ2n) is 3.49. The number of terminal acetylenes is 1. The first-order valence-electron chi connectivity index (χ1n) is 4.91. The minimum absolute atomic E-state index is 0.0593. The minimum Gasteiger partial charge on any atom is -0.497 e. The van der Waals surface area contributed by atoms with Gasteiger partial charge in [0, 0.05) is 6.07 Å². The van der Waals surface area contributed by atoms with Crippen molar-refractivity contribution in [1.29, 1.82) is 0 Å². The Morgan fingerprint density at radius 3 is 3.12 bits per heavy atom. The Morgan fingerprint density at radius 2 is 2.44 bits per heavy atom. The Bertz CT molecular complexity index is 463. The number of carbonyl (C=O) groups is 1. The minimum atomic E-state index is -0.0593. The number of hydrogen-bond donors (Lipinski definition) is 1. The van der Waals surface area contributed by atoms with Gasteiger partial charge in [-0.15, -0.1) is 6.42 Å². The number of nitrogens with zero attached hydrogens (tertiary/aromatic N) is 1. The SMILES string of the molecule is C#CCN1CC(=O)Nc2cc(OC)ccc21. The van der Waals surface area contributed by atoms with E-state index in [4.69, 9.17) is 11.2 Å². The summed E-state index contributed by atoms with van der Waals surface area (Å²) < 4.78 is 5.10. The molecular formula is C12H12N2O2. The number of hydrogen-bond acceptors (Lipinski definition) is 3. The Morgan fingerprint density at radius 1 is 1.62 bits per heavy atom. The average Bonchev–Trinajstić information content (AvgIpc) is 2.28. The van der Waals surface area contributed by atoms with Crippen molar-refractivity contribution in [1.82, 2.24) is 0 Å². The molecule has 1 aliphatic heterocycles. The number of nitrogens with one attached hydrogen (secondary N) is 1. The molecule has 1 amide bonds. The van der Waals surface area contributed by atoms with Gasteiger partial charge in [0.05, 0.1) is 31.6 Å². The van der Waals surface area contributed by atoms with Crippen LogP contribution in [0.15, 0.2) is 18.2 Å². The molecule has 1 N–H and O–H groups in total. The number of anilines is 2. The van der Waals surface area contributed by atoms with E-state index in [-0.39, 0.29) is 5.91 Å². The van der Waals surface area contributed by atoms with Crippen LogP contribution >= 0.6 is 0 Å². The molecule has 0 bridgehead atoms. The molecular weight excluding hydrogens is 204 g/mol. The van der Waals surface area contributed by atoms with Crippen LogP contribution in [0, 0.1) is 12.3 Å². The smallest absolute Gasteiger partial charge is 0.243 e. The number of fused-ring (bicyclic) bond motifs is 1. The third-order valence-corrected chi connectivity index (χ3v) is 2.44. The van der Waals surface area contributed by atoms with Gasteiger partial charge in [-0.05, 0) is 12.1 Å². The summed E-state index contributed by atoms with van der Waals surface area (Å²) in [6.07, 6.45) is 5.27. The normalized spacial score (nSPS) is 13.8. The number of carbonyl (C=O) groups excluding carboxylic acids is 1. The van der Waals surface area contributed by atoms with Gasteiger partial charge in [0.2, 0.25) is 5.91 Å². The summed E-state index contributed by atoms with van der Waals surface area (Å²) >= 11 is 0. The Balaban J connectivity index is 2.40. The van der Waals surface area contributed by atoms with E-state index < -0.39 is 0 Å². The number of methoxy groups -OCH3 is 1. The van der Waals surface area contributed by atoms with Crippen molar-refractivity contribution in [3.05, 3.63) is 18.2 Å². The lowest BCUT2D eigenvalue weighted by molar-refractivity contribution is -0.115. The fourth-order valence-corrected chi connectivity index (χ4v) is 1.72. The van der Waals surface area contributed by atoms with Gasteiger partial charge in [0.15, 0.2) is 0 Å². The highest BCUT2D eigenvalue weighted by molar-refractivity contribution is 6.01. The molecule has 0 atom stereocenters. The van der Waals surface area contributed by atoms with Crippen molar-refractivity contribution >= 4 is 17.3 Å². The lowest BCUT2D eigenvalue weighted by atomic mass is 10.2. The van der Waals surface area contributed by atoms with E-state index in [1.54, 1.807) is 13.2 Å². The first kappa shape index (κ1) is 10.4. The lowest BCUT2D eigenvalue weighted by Gasteiger charge is -2.29. The Hall–Kier alpha value is -2.15. The number of benzene rings is 1. The molecule has 2 rings (SSSR count). The van der Waals surface area contributed by atoms with Gasteiger partial charge in [0.1, 0.15) is 5.75 Å². The van der Waals surface area contributed by atoms with Crippen molar-refractivity contribution in [2.45, 2.75) is 0 Å². The molecule has 0 aromatic heterocycles. The molecule has 0 saturated carbocycles. The topological polar surface area (TPSA) is 41.6 Å². The van der Waals surface area contributed by atoms with E-state index in [2.05, 4.69) is 11.2 Å². The van der Waals surface area contributed by atoms with Gasteiger partial charge in [-0.3, -0.25) is 4.79 Å². The zero-order valence-electron chi connectivity index (χ0n) is 8.99. The summed E-state index contributed by atoms with van der Waals surface area (Å²) in [5.74, 6) is 3.19. The second-order valence-corrected chi connectivity index (χ2v) is 3.49. The molecule has 0 aliphatic carbocycles. The van der Waals surface area contributed by atoms with Crippen LogP contribution in [0.3, 0.4) is 0 Å². The highest BCUT2D eigenvalue weighted by Crippen LogP contribution is 2.32. The van der Waals surface area contributed by atoms with E-state index in [1.807, 2.05) is 17.0 Å². The summed E-state index contributed by atoms with van der Waals surface area (Å²) in [5.41, 5.74) is 1.67. The second kappa shape index (κ2) is 4.15. The van der Waals surface area contributed by atoms with Crippen LogP contribution in [0.1, 0.15) is 0 Å². The highest BCUT2D eigenvalue weighted by Gasteiger charge is 2.21. The van der Waals surface area contributed by atoms with Gasteiger partial charge in [0.25, 0.3) is 0 Å². The zero-order valence-corrected chi connectivity index (χ0v) is 8.99. The molecule has 1 aromatic carbocycles. The predicted molar refractivity (Wildman–Crippen MR) is 62.7 cm³/mol. The molecule has 0 spiro atoms. The third kappa shape index (κ3) is 1.80. The molecule has 4 nitrogen and oxygen atoms in total. The molecule has 0 saturated heterocycles. The predicted octanol–water partition coefficient (Wildman–Crippen LogP) is 1.09. The maximum atomic E-state index is 11.4. The van der Waals surface area contributed by atoms with Gasteiger partial charge in [-0.25, -0.2) is 0 Å². The molecule has 16 heavy (non-hydrogen) atoms. The van der Waals surface area contributed by atoms with Crippen molar-refractivity contribution in [3.8, 4) is 18.1 Å². The van der Waals surface area contributed by atoms with E-state index >= 15 is 0 Å². The van der Waals surface area contributed by atoms with Crippen molar-refractivity contribution in [3.63, 3.8) is 0 Å². The van der Waals surface area contributed by atoms with Crippen LogP contribution in [0.2, 0.25) is 0 Å². The summed E-state index contributed by atoms with van der Waals surface area (Å²) in [6, 6.07) is 5.53. The molecule has 1 aromatic rings. The van der Waals surface area contributed by atoms with Crippen LogP contribution in [0.4, 0.5) is 11.4 Å². The molecule has 1 aliphatic rings. The first-order chi connectivity index (χ1) is 7.74. The maximum Gasteiger partial charge on any atom is 0.243 e. The summed E-state index contributed by atoms with van der Waals surface area (Å²) in [5, 5.41) is 2.79. The summed E-state index contributed by atoms with van der Waals surface area (Å²) in [6.45, 7) is 0.719. The number of ether oxygens (including phenoxy) is 1. The summed E-state index contributed by atoms with van der Waals surface area (Å²) in [4.78, 5) is 13.3. The van der Waals surface area contributed by atoms with E-state index in [1.165, 1.54) is 0 Å². The van der Waals surface area contributed by atoms with Gasteiger partial charge >= 0.3 is 0 Å². The van der Waals surface area contributed by atoms with Crippen LogP contribution in [-0.2, 0) is 4.79 Å². The Kier molecular flexibility index (Phi) is 2.69. The van der Waals surface area contributed by atoms with E-state index in [0.29, 0.717) is 18.8 Å². The van der Waals surface area contributed by atoms with Gasteiger partial charge in [-0.2, -0.15) is 0 Å². The number of rotatable bonds is 2. The Labute approximate surface area is 94.2 Å². The van der Waals surface area contributed by atoms with Crippen molar-refractivity contribution in [2.75, 3.05) is 30.4 Å². The lowest BCUT2D eigenvalue weighted by Crippen LogP contribution is -2.38. The summed E-state index contributed by atoms with van der Waals surface area (Å²) in [7, 11) is 1.59. The zero-order chi connectivity index (χ0) is 11.5. The molecule has 4 heteroatoms. The molecule has 1 heterocycles. The molecule has 0 radical (unpaired) electrons. The standard InChI is InChI=1S/C12H12N2O2/c1-3-6-14-8-12(15)13-10-7-9(16-2)4-5-11(10)14/h1,4-5,7H,6,8H2,2H3,(H,13,15). The van der Waals surface area contributed by atoms with Crippen LogP contribution in [0.25, 0.3) is 0 Å². The number of amides is 1. The van der Waals surface area contributed by atoms with Crippen molar-refractivity contribution < 1.29 is 9.53 Å². The molecule has 0 unspecified atom stereocenters. The largest absolute Gasteiger partial charge is 0.497 e. The first-order valence-corrected chi connectivity index (χ1v) is 4.91. The fraction of sp³-hybridized carbons (Fsp3) is 0.250. The average molecular weight is 216 g/mol. The van der Waals surface area contributed by atoms with Gasteiger partial charge in [-0.1, -0.05) is 5.92 Å². The van der Waals surface area contributed by atoms with Crippen LogP contribution in [0.5, 0.6) is 5.75 Å². The van der Waals surface area contributed by atoms with Crippen LogP contribution in [-0.4, -0.2) is 26.1 Å². The highest BCUT2D eigenvalue weighted by atomic mass is 16.5. The quantitative estimate of drug-likeness (QED) is 0.752. The third-order valence-electron chi connectivity index (χ3n) is 2.44. The van der Waals surface area contributed by atoms with Crippen LogP contribution < -0.4 is 15.0 Å².